The number of H-pyrrole nitrogens is 1. The van der Waals surface area contributed by atoms with E-state index in [4.69, 9.17) is 30.2 Å². The van der Waals surface area contributed by atoms with Crippen molar-refractivity contribution in [3.05, 3.63) is 63.3 Å². The van der Waals surface area contributed by atoms with Gasteiger partial charge in [-0.1, -0.05) is 46.2 Å². The molecule has 5 rings (SSSR count). The lowest BCUT2D eigenvalue weighted by molar-refractivity contribution is -0.150. The highest BCUT2D eigenvalue weighted by atomic mass is 35.5. The lowest BCUT2D eigenvalue weighted by Gasteiger charge is -2.37. The lowest BCUT2D eigenvalue weighted by atomic mass is 9.71. The topological polar surface area (TPSA) is 69.8 Å². The van der Waals surface area contributed by atoms with Crippen LogP contribution >= 0.6 is 11.6 Å². The van der Waals surface area contributed by atoms with Crippen molar-refractivity contribution in [2.45, 2.75) is 96.9 Å². The molecule has 1 fully saturated rings. The molecular formula is C32H42ClNO5Si. The highest BCUT2D eigenvalue weighted by Gasteiger charge is 2.45. The molecule has 0 saturated carbocycles. The van der Waals surface area contributed by atoms with Crippen LogP contribution in [0.2, 0.25) is 23.2 Å². The van der Waals surface area contributed by atoms with E-state index in [9.17, 15) is 4.79 Å². The number of hydrogen-bond donors (Lipinski definition) is 1. The van der Waals surface area contributed by atoms with Gasteiger partial charge in [-0.05, 0) is 80.4 Å². The number of benzene rings is 2. The van der Waals surface area contributed by atoms with Crippen LogP contribution in [0.3, 0.4) is 0 Å². The predicted molar refractivity (Wildman–Crippen MR) is 163 cm³/mol. The molecule has 8 heteroatoms. The van der Waals surface area contributed by atoms with Crippen molar-refractivity contribution < 1.29 is 23.4 Å². The molecule has 2 aromatic carbocycles. The maximum Gasteiger partial charge on any atom is 0.195 e. The van der Waals surface area contributed by atoms with E-state index in [-0.39, 0.29) is 23.0 Å². The fraction of sp³-hybridized carbons (Fsp3) is 0.531. The summed E-state index contributed by atoms with van der Waals surface area (Å²) in [5, 5.41) is 1.70. The van der Waals surface area contributed by atoms with Gasteiger partial charge in [0, 0.05) is 32.6 Å². The number of halogens is 1. The summed E-state index contributed by atoms with van der Waals surface area (Å²) in [5.74, 6) is -0.0102. The zero-order valence-electron chi connectivity index (χ0n) is 25.4. The Morgan fingerprint density at radius 1 is 1.02 bits per heavy atom. The van der Waals surface area contributed by atoms with Gasteiger partial charge >= 0.3 is 0 Å². The van der Waals surface area contributed by atoms with Crippen molar-refractivity contribution >= 4 is 36.6 Å². The molecule has 1 aliphatic heterocycles. The molecule has 216 valence electrons. The normalized spacial score (nSPS) is 21.9. The molecule has 0 unspecified atom stereocenters. The summed E-state index contributed by atoms with van der Waals surface area (Å²) in [5.41, 5.74) is 4.63. The van der Waals surface area contributed by atoms with Crippen molar-refractivity contribution in [3.8, 4) is 5.75 Å². The second-order valence-corrected chi connectivity index (χ2v) is 19.0. The Morgan fingerprint density at radius 2 is 1.68 bits per heavy atom. The van der Waals surface area contributed by atoms with E-state index in [1.807, 2.05) is 51.1 Å². The minimum atomic E-state index is -1.94. The first-order chi connectivity index (χ1) is 18.4. The maximum atomic E-state index is 13.7. The van der Waals surface area contributed by atoms with Gasteiger partial charge in [0.15, 0.2) is 19.9 Å². The van der Waals surface area contributed by atoms with Crippen LogP contribution in [0.5, 0.6) is 5.75 Å². The SMILES string of the molecule is Cc1cc2c3c([nH]c2cc1Cl)C(C)(C)c1cc(OC[C@H]2OC(C)(C)O[C@@H]2CO[Si](C)(C)C(C)(C)C)ccc1C3=O. The van der Waals surface area contributed by atoms with E-state index < -0.39 is 19.5 Å². The second-order valence-electron chi connectivity index (χ2n) is 13.8. The van der Waals surface area contributed by atoms with Crippen LogP contribution in [-0.4, -0.2) is 50.3 Å². The lowest BCUT2D eigenvalue weighted by Crippen LogP contribution is -2.44. The highest BCUT2D eigenvalue weighted by molar-refractivity contribution is 6.74. The molecule has 1 aromatic heterocycles. The molecule has 1 N–H and O–H groups in total. The third-order valence-electron chi connectivity index (χ3n) is 8.95. The standard InChI is InChI=1S/C32H42ClNO5Si/c1-18-13-21-24(15-23(18)33)34-29-27(21)28(35)20-12-11-19(14-22(20)31(29,5)6)36-16-25-26(39-32(7,8)38-25)17-37-40(9,10)30(2,3)4/h11-15,25-26,34H,16-17H2,1-10H3/t25-,26-/m1/s1. The van der Waals surface area contributed by atoms with Crippen molar-refractivity contribution in [1.82, 2.24) is 4.98 Å². The number of hydrogen-bond acceptors (Lipinski definition) is 5. The number of carbonyl (C=O) groups excluding carboxylic acids is 1. The van der Waals surface area contributed by atoms with Gasteiger partial charge in [0.05, 0.1) is 12.2 Å². The zero-order chi connectivity index (χ0) is 29.4. The summed E-state index contributed by atoms with van der Waals surface area (Å²) in [6, 6.07) is 9.65. The predicted octanol–water partition coefficient (Wildman–Crippen LogP) is 7.92. The Bertz CT molecular complexity index is 1480. The average molecular weight is 584 g/mol. The summed E-state index contributed by atoms with van der Waals surface area (Å²) in [7, 11) is -1.94. The van der Waals surface area contributed by atoms with Crippen LogP contribution in [0.4, 0.5) is 0 Å². The molecule has 1 saturated heterocycles. The third kappa shape index (κ3) is 5.05. The first-order valence-electron chi connectivity index (χ1n) is 14.1. The minimum absolute atomic E-state index is 0.0148. The summed E-state index contributed by atoms with van der Waals surface area (Å²) in [6.07, 6.45) is -0.511. The average Bonchev–Trinajstić information content (AvgIpc) is 3.36. The van der Waals surface area contributed by atoms with E-state index in [0.29, 0.717) is 29.5 Å². The van der Waals surface area contributed by atoms with Crippen LogP contribution in [-0.2, 0) is 19.3 Å². The Kier molecular flexibility index (Phi) is 7.11. The van der Waals surface area contributed by atoms with Gasteiger partial charge in [0.25, 0.3) is 0 Å². The largest absolute Gasteiger partial charge is 0.491 e. The Morgan fingerprint density at radius 3 is 2.33 bits per heavy atom. The van der Waals surface area contributed by atoms with Crippen LogP contribution in [0.25, 0.3) is 10.9 Å². The summed E-state index contributed by atoms with van der Waals surface area (Å²) >= 11 is 6.40. The van der Waals surface area contributed by atoms with Gasteiger partial charge in [-0.25, -0.2) is 0 Å². The van der Waals surface area contributed by atoms with Crippen molar-refractivity contribution in [2.24, 2.45) is 0 Å². The number of carbonyl (C=O) groups is 1. The number of aromatic nitrogens is 1. The first-order valence-corrected chi connectivity index (χ1v) is 17.3. The molecule has 1 aliphatic carbocycles. The van der Waals surface area contributed by atoms with Crippen LogP contribution < -0.4 is 4.74 Å². The molecule has 6 nitrogen and oxygen atoms in total. The van der Waals surface area contributed by atoms with E-state index in [2.05, 4.69) is 52.7 Å². The molecule has 2 aliphatic rings. The smallest absolute Gasteiger partial charge is 0.195 e. The van der Waals surface area contributed by atoms with E-state index in [0.717, 1.165) is 33.3 Å². The number of rotatable bonds is 6. The number of nitrogens with one attached hydrogen (secondary N) is 1. The fourth-order valence-electron chi connectivity index (χ4n) is 5.50. The summed E-state index contributed by atoms with van der Waals surface area (Å²) in [6.45, 7) is 22.0. The number of aryl methyl sites for hydroxylation is 1. The third-order valence-corrected chi connectivity index (χ3v) is 13.9. The molecule has 0 radical (unpaired) electrons. The molecular weight excluding hydrogens is 542 g/mol. The van der Waals surface area contributed by atoms with Gasteiger partial charge in [-0.3, -0.25) is 4.79 Å². The number of ketones is 1. The van der Waals surface area contributed by atoms with E-state index >= 15 is 0 Å². The first kappa shape index (κ1) is 29.3. The van der Waals surface area contributed by atoms with Crippen molar-refractivity contribution in [1.29, 1.82) is 0 Å². The fourth-order valence-corrected chi connectivity index (χ4v) is 6.68. The van der Waals surface area contributed by atoms with E-state index in [1.54, 1.807) is 0 Å². The number of aromatic amines is 1. The Hall–Kier alpha value is -2.16. The van der Waals surface area contributed by atoms with Gasteiger partial charge < -0.3 is 23.6 Å². The Labute approximate surface area is 243 Å². The van der Waals surface area contributed by atoms with Gasteiger partial charge in [0.1, 0.15) is 24.6 Å². The molecule has 2 heterocycles. The maximum absolute atomic E-state index is 13.7. The van der Waals surface area contributed by atoms with Crippen LogP contribution in [0, 0.1) is 6.92 Å². The quantitative estimate of drug-likeness (QED) is 0.298. The molecule has 0 amide bonds. The monoisotopic (exact) mass is 583 g/mol. The molecule has 2 atom stereocenters. The van der Waals surface area contributed by atoms with Crippen molar-refractivity contribution in [3.63, 3.8) is 0 Å². The zero-order valence-corrected chi connectivity index (χ0v) is 27.1. The van der Waals surface area contributed by atoms with Crippen LogP contribution in [0.1, 0.15) is 81.2 Å². The summed E-state index contributed by atoms with van der Waals surface area (Å²) < 4.78 is 25.2. The molecule has 40 heavy (non-hydrogen) atoms. The summed E-state index contributed by atoms with van der Waals surface area (Å²) in [4.78, 5) is 17.2. The number of ether oxygens (including phenoxy) is 3. The van der Waals surface area contributed by atoms with Gasteiger partial charge in [-0.15, -0.1) is 0 Å². The van der Waals surface area contributed by atoms with Crippen molar-refractivity contribution in [2.75, 3.05) is 13.2 Å². The van der Waals surface area contributed by atoms with Gasteiger partial charge in [-0.2, -0.15) is 0 Å². The molecule has 3 aromatic rings. The minimum Gasteiger partial charge on any atom is -0.491 e. The number of fused-ring (bicyclic) bond motifs is 4. The van der Waals surface area contributed by atoms with Gasteiger partial charge in [0.2, 0.25) is 0 Å². The van der Waals surface area contributed by atoms with E-state index in [1.165, 1.54) is 0 Å². The molecule has 0 spiro atoms. The highest BCUT2D eigenvalue weighted by Crippen LogP contribution is 2.45. The Balaban J connectivity index is 1.38. The second kappa shape index (κ2) is 9.70. The van der Waals surface area contributed by atoms with Crippen LogP contribution in [0.15, 0.2) is 30.3 Å². The molecule has 0 bridgehead atoms.